The number of amides is 1. The van der Waals surface area contributed by atoms with Crippen molar-refractivity contribution in [2.24, 2.45) is 0 Å². The molecule has 5 heteroatoms. The van der Waals surface area contributed by atoms with E-state index in [1.54, 1.807) is 12.4 Å². The molecule has 1 aromatic carbocycles. The van der Waals surface area contributed by atoms with Crippen molar-refractivity contribution in [1.82, 2.24) is 14.9 Å². The maximum atomic E-state index is 12.8. The summed E-state index contributed by atoms with van der Waals surface area (Å²) in [5.74, 6) is 0.0458. The Morgan fingerprint density at radius 2 is 2.09 bits per heavy atom. The van der Waals surface area contributed by atoms with Crippen molar-refractivity contribution in [3.8, 4) is 0 Å². The monoisotopic (exact) mass is 299 g/mol. The lowest BCUT2D eigenvalue weighted by Crippen LogP contribution is -2.50. The maximum absolute atomic E-state index is 12.8. The van der Waals surface area contributed by atoms with Gasteiger partial charge in [-0.2, -0.15) is 0 Å². The smallest absolute Gasteiger partial charge is 0.254 e. The average molecular weight is 299 g/mol. The van der Waals surface area contributed by atoms with Crippen molar-refractivity contribution >= 4 is 16.9 Å². The van der Waals surface area contributed by atoms with Gasteiger partial charge in [0.25, 0.3) is 5.91 Å². The molecule has 0 saturated carbocycles. The lowest BCUT2D eigenvalue weighted by molar-refractivity contribution is -0.0242. The van der Waals surface area contributed by atoms with E-state index in [2.05, 4.69) is 16.9 Å². The molecule has 1 saturated heterocycles. The van der Waals surface area contributed by atoms with Gasteiger partial charge in [0.15, 0.2) is 0 Å². The van der Waals surface area contributed by atoms with Gasteiger partial charge in [-0.15, -0.1) is 0 Å². The number of ether oxygens (including phenoxy) is 1. The van der Waals surface area contributed by atoms with E-state index in [9.17, 15) is 4.79 Å². The fourth-order valence-corrected chi connectivity index (χ4v) is 3.09. The number of likely N-dealkylation sites (tertiary alicyclic amines) is 1. The molecule has 1 fully saturated rings. The molecule has 1 aliphatic rings. The van der Waals surface area contributed by atoms with Gasteiger partial charge in [0.1, 0.15) is 0 Å². The van der Waals surface area contributed by atoms with Gasteiger partial charge in [0.2, 0.25) is 0 Å². The lowest BCUT2D eigenvalue weighted by atomic mass is 9.98. The largest absolute Gasteiger partial charge is 0.376 e. The number of piperidine rings is 1. The number of nitrogens with zero attached hydrogens (tertiary/aromatic N) is 3. The summed E-state index contributed by atoms with van der Waals surface area (Å²) < 4.78 is 5.77. The molecule has 0 bridgehead atoms. The molecule has 2 atom stereocenters. The first-order chi connectivity index (χ1) is 10.7. The summed E-state index contributed by atoms with van der Waals surface area (Å²) in [5.41, 5.74) is 2.22. The van der Waals surface area contributed by atoms with Crippen LogP contribution in [0.5, 0.6) is 0 Å². The van der Waals surface area contributed by atoms with E-state index in [4.69, 9.17) is 4.74 Å². The Morgan fingerprint density at radius 3 is 2.86 bits per heavy atom. The summed E-state index contributed by atoms with van der Waals surface area (Å²) in [5, 5.41) is 0. The van der Waals surface area contributed by atoms with Crippen molar-refractivity contribution in [2.75, 3.05) is 13.2 Å². The predicted molar refractivity (Wildman–Crippen MR) is 84.7 cm³/mol. The number of carbonyl (C=O) groups is 1. The van der Waals surface area contributed by atoms with Crippen LogP contribution >= 0.6 is 0 Å². The highest BCUT2D eigenvalue weighted by atomic mass is 16.5. The zero-order valence-corrected chi connectivity index (χ0v) is 13.0. The predicted octanol–water partition coefficient (Wildman–Crippen LogP) is 2.66. The van der Waals surface area contributed by atoms with Gasteiger partial charge in [-0.3, -0.25) is 14.8 Å². The van der Waals surface area contributed by atoms with E-state index in [-0.39, 0.29) is 18.1 Å². The normalized spacial score (nSPS) is 22.0. The molecule has 0 radical (unpaired) electrons. The van der Waals surface area contributed by atoms with Crippen LogP contribution < -0.4 is 0 Å². The third kappa shape index (κ3) is 2.81. The van der Waals surface area contributed by atoms with Crippen molar-refractivity contribution in [2.45, 2.75) is 38.8 Å². The fraction of sp³-hybridized carbons (Fsp3) is 0.471. The second kappa shape index (κ2) is 6.40. The van der Waals surface area contributed by atoms with E-state index >= 15 is 0 Å². The molecular weight excluding hydrogens is 278 g/mol. The molecule has 0 aliphatic carbocycles. The summed E-state index contributed by atoms with van der Waals surface area (Å²) in [6, 6.07) is 5.60. The van der Waals surface area contributed by atoms with Gasteiger partial charge in [-0.05, 0) is 44.9 Å². The van der Waals surface area contributed by atoms with Gasteiger partial charge < -0.3 is 9.64 Å². The summed E-state index contributed by atoms with van der Waals surface area (Å²) in [4.78, 5) is 23.3. The molecule has 1 amide bonds. The Labute approximate surface area is 130 Å². The molecule has 2 heterocycles. The molecule has 116 valence electrons. The third-order valence-corrected chi connectivity index (χ3v) is 4.28. The number of hydrogen-bond acceptors (Lipinski definition) is 4. The van der Waals surface area contributed by atoms with Crippen LogP contribution in [0.15, 0.2) is 30.6 Å². The van der Waals surface area contributed by atoms with Crippen molar-refractivity contribution in [3.05, 3.63) is 36.2 Å². The van der Waals surface area contributed by atoms with Gasteiger partial charge >= 0.3 is 0 Å². The molecule has 2 aromatic rings. The molecule has 2 unspecified atom stereocenters. The SMILES string of the molecule is CCOC1CCCN(C(=O)c2ccc3nccnc3c2)C1C. The van der Waals surface area contributed by atoms with Crippen LogP contribution in [0.25, 0.3) is 11.0 Å². The highest BCUT2D eigenvalue weighted by Crippen LogP contribution is 2.23. The van der Waals surface area contributed by atoms with Gasteiger partial charge in [-0.1, -0.05) is 0 Å². The Kier molecular flexibility index (Phi) is 4.34. The number of rotatable bonds is 3. The quantitative estimate of drug-likeness (QED) is 0.874. The Balaban J connectivity index is 1.84. The maximum Gasteiger partial charge on any atom is 0.254 e. The minimum atomic E-state index is 0.0458. The summed E-state index contributed by atoms with van der Waals surface area (Å²) in [6.45, 7) is 5.53. The standard InChI is InChI=1S/C17H21N3O2/c1-3-22-16-5-4-10-20(12(16)2)17(21)13-6-7-14-15(11-13)19-9-8-18-14/h6-9,11-12,16H,3-5,10H2,1-2H3. The number of hydrogen-bond donors (Lipinski definition) is 0. The zero-order chi connectivity index (χ0) is 15.5. The third-order valence-electron chi connectivity index (χ3n) is 4.28. The lowest BCUT2D eigenvalue weighted by Gasteiger charge is -2.39. The van der Waals surface area contributed by atoms with Crippen LogP contribution in [0.3, 0.4) is 0 Å². The van der Waals surface area contributed by atoms with Crippen molar-refractivity contribution < 1.29 is 9.53 Å². The Morgan fingerprint density at radius 1 is 1.32 bits per heavy atom. The van der Waals surface area contributed by atoms with Crippen molar-refractivity contribution in [3.63, 3.8) is 0 Å². The molecule has 1 aromatic heterocycles. The van der Waals surface area contributed by atoms with Crippen LogP contribution in [0.1, 0.15) is 37.0 Å². The second-order valence-corrected chi connectivity index (χ2v) is 5.64. The summed E-state index contributed by atoms with van der Waals surface area (Å²) in [6.07, 6.45) is 5.42. The van der Waals surface area contributed by atoms with Crippen molar-refractivity contribution in [1.29, 1.82) is 0 Å². The average Bonchev–Trinajstić information content (AvgIpc) is 2.56. The topological polar surface area (TPSA) is 55.3 Å². The molecular formula is C17H21N3O2. The zero-order valence-electron chi connectivity index (χ0n) is 13.0. The van der Waals surface area contributed by atoms with Crippen LogP contribution in [0, 0.1) is 0 Å². The first-order valence-corrected chi connectivity index (χ1v) is 7.84. The first kappa shape index (κ1) is 14.9. The Bertz CT molecular complexity index is 672. The Hall–Kier alpha value is -2.01. The number of aromatic nitrogens is 2. The minimum absolute atomic E-state index is 0.0458. The van der Waals surface area contributed by atoms with Crippen LogP contribution in [-0.4, -0.2) is 46.1 Å². The molecule has 22 heavy (non-hydrogen) atoms. The highest BCUT2D eigenvalue weighted by molar-refractivity contribution is 5.97. The molecule has 0 spiro atoms. The van der Waals surface area contributed by atoms with E-state index in [0.717, 1.165) is 30.4 Å². The summed E-state index contributed by atoms with van der Waals surface area (Å²) >= 11 is 0. The van der Waals surface area contributed by atoms with Crippen LogP contribution in [-0.2, 0) is 4.74 Å². The second-order valence-electron chi connectivity index (χ2n) is 5.64. The van der Waals surface area contributed by atoms with Gasteiger partial charge in [0.05, 0.1) is 23.2 Å². The van der Waals surface area contributed by atoms with E-state index in [1.165, 1.54) is 0 Å². The first-order valence-electron chi connectivity index (χ1n) is 7.84. The van der Waals surface area contributed by atoms with Gasteiger partial charge in [-0.25, -0.2) is 0 Å². The molecule has 0 N–H and O–H groups in total. The highest BCUT2D eigenvalue weighted by Gasteiger charge is 2.32. The fourth-order valence-electron chi connectivity index (χ4n) is 3.09. The number of fused-ring (bicyclic) bond motifs is 1. The number of benzene rings is 1. The van der Waals surface area contributed by atoms with E-state index < -0.39 is 0 Å². The van der Waals surface area contributed by atoms with Crippen LogP contribution in [0.2, 0.25) is 0 Å². The van der Waals surface area contributed by atoms with E-state index in [1.807, 2.05) is 30.0 Å². The molecule has 1 aliphatic heterocycles. The van der Waals surface area contributed by atoms with E-state index in [0.29, 0.717) is 12.2 Å². The number of carbonyl (C=O) groups excluding carboxylic acids is 1. The summed E-state index contributed by atoms with van der Waals surface area (Å²) in [7, 11) is 0. The van der Waals surface area contributed by atoms with Gasteiger partial charge in [0, 0.05) is 31.1 Å². The van der Waals surface area contributed by atoms with Crippen LogP contribution in [0.4, 0.5) is 0 Å². The molecule has 3 rings (SSSR count). The minimum Gasteiger partial charge on any atom is -0.376 e. The molecule has 5 nitrogen and oxygen atoms in total.